The van der Waals surface area contributed by atoms with Gasteiger partial charge < -0.3 is 13.9 Å². The second kappa shape index (κ2) is 2.84. The summed E-state index contributed by atoms with van der Waals surface area (Å²) in [6, 6.07) is 4.95. The van der Waals surface area contributed by atoms with E-state index in [1.165, 1.54) is 18.5 Å². The molecule has 0 saturated carbocycles. The molecule has 3 aromatic heterocycles. The summed E-state index contributed by atoms with van der Waals surface area (Å²) < 4.78 is 10.5. The van der Waals surface area contributed by atoms with E-state index in [4.69, 9.17) is 8.83 Å². The van der Waals surface area contributed by atoms with E-state index in [2.05, 4.69) is 9.97 Å². The van der Waals surface area contributed by atoms with Gasteiger partial charge in [0.1, 0.15) is 5.75 Å². The Bertz CT molecular complexity index is 598. The molecule has 3 heterocycles. The van der Waals surface area contributed by atoms with E-state index in [0.717, 1.165) is 0 Å². The quantitative estimate of drug-likeness (QED) is 0.654. The maximum Gasteiger partial charge on any atom is 0.265 e. The summed E-state index contributed by atoms with van der Waals surface area (Å²) in [5, 5.41) is 9.20. The molecule has 0 aromatic carbocycles. The zero-order valence-electron chi connectivity index (χ0n) is 7.54. The lowest BCUT2D eigenvalue weighted by Crippen LogP contribution is -1.75. The van der Waals surface area contributed by atoms with Crippen LogP contribution in [0.25, 0.3) is 22.9 Å². The molecule has 0 spiro atoms. The second-order valence-corrected chi connectivity index (χ2v) is 3.01. The normalized spacial score (nSPS) is 10.9. The average molecular weight is 202 g/mol. The highest BCUT2D eigenvalue weighted by Gasteiger charge is 2.11. The van der Waals surface area contributed by atoms with Crippen molar-refractivity contribution in [3.8, 4) is 17.4 Å². The topological polar surface area (TPSA) is 72.3 Å². The van der Waals surface area contributed by atoms with Gasteiger partial charge in [-0.1, -0.05) is 0 Å². The molecule has 0 amide bonds. The number of furan rings is 1. The van der Waals surface area contributed by atoms with Crippen LogP contribution in [0.15, 0.2) is 39.5 Å². The zero-order valence-corrected chi connectivity index (χ0v) is 7.54. The Hall–Kier alpha value is -2.30. The first-order chi connectivity index (χ1) is 7.33. The minimum Gasteiger partial charge on any atom is -0.506 e. The highest BCUT2D eigenvalue weighted by molar-refractivity contribution is 5.72. The number of hydrogen-bond donors (Lipinski definition) is 1. The third-order valence-corrected chi connectivity index (χ3v) is 1.96. The molecule has 0 aliphatic heterocycles. The van der Waals surface area contributed by atoms with Crippen molar-refractivity contribution < 1.29 is 13.9 Å². The van der Waals surface area contributed by atoms with Gasteiger partial charge in [0.25, 0.3) is 5.89 Å². The lowest BCUT2D eigenvalue weighted by atomic mass is 10.4. The fraction of sp³-hybridized carbons (Fsp3) is 0. The number of oxazole rings is 1. The summed E-state index contributed by atoms with van der Waals surface area (Å²) >= 11 is 0. The molecule has 5 heteroatoms. The van der Waals surface area contributed by atoms with Crippen LogP contribution in [-0.4, -0.2) is 15.1 Å². The van der Waals surface area contributed by atoms with Crippen molar-refractivity contribution in [2.24, 2.45) is 0 Å². The Morgan fingerprint density at radius 3 is 3.07 bits per heavy atom. The van der Waals surface area contributed by atoms with Crippen LogP contribution in [0, 0.1) is 0 Å². The Morgan fingerprint density at radius 2 is 2.27 bits per heavy atom. The molecule has 0 unspecified atom stereocenters. The number of hydrogen-bond acceptors (Lipinski definition) is 5. The van der Waals surface area contributed by atoms with Gasteiger partial charge >= 0.3 is 0 Å². The number of aromatic nitrogens is 2. The number of fused-ring (bicyclic) bond motifs is 1. The highest BCUT2D eigenvalue weighted by Crippen LogP contribution is 2.24. The van der Waals surface area contributed by atoms with Gasteiger partial charge in [-0.15, -0.1) is 0 Å². The van der Waals surface area contributed by atoms with Crippen LogP contribution in [0.1, 0.15) is 0 Å². The van der Waals surface area contributed by atoms with Crippen LogP contribution in [0.2, 0.25) is 0 Å². The molecule has 0 fully saturated rings. The molecule has 15 heavy (non-hydrogen) atoms. The van der Waals surface area contributed by atoms with E-state index in [1.807, 2.05) is 0 Å². The molecule has 5 nitrogen and oxygen atoms in total. The van der Waals surface area contributed by atoms with E-state index < -0.39 is 0 Å². The van der Waals surface area contributed by atoms with Gasteiger partial charge in [0.05, 0.1) is 12.5 Å². The van der Waals surface area contributed by atoms with Crippen molar-refractivity contribution in [2.45, 2.75) is 0 Å². The van der Waals surface area contributed by atoms with Gasteiger partial charge in [-0.3, -0.25) is 0 Å². The summed E-state index contributed by atoms with van der Waals surface area (Å²) in [5.74, 6) is 0.935. The van der Waals surface area contributed by atoms with Gasteiger partial charge in [0, 0.05) is 6.07 Å². The van der Waals surface area contributed by atoms with Crippen molar-refractivity contribution >= 4 is 11.2 Å². The summed E-state index contributed by atoms with van der Waals surface area (Å²) in [5.41, 5.74) is 0.876. The van der Waals surface area contributed by atoms with Crippen LogP contribution in [0.3, 0.4) is 0 Å². The fourth-order valence-corrected chi connectivity index (χ4v) is 1.31. The lowest BCUT2D eigenvalue weighted by Gasteiger charge is -1.86. The molecular weight excluding hydrogens is 196 g/mol. The van der Waals surface area contributed by atoms with Crippen LogP contribution >= 0.6 is 0 Å². The Balaban J connectivity index is 2.22. The first kappa shape index (κ1) is 8.05. The van der Waals surface area contributed by atoms with Crippen LogP contribution in [0.4, 0.5) is 0 Å². The Kier molecular flexibility index (Phi) is 1.53. The lowest BCUT2D eigenvalue weighted by molar-refractivity contribution is 0.472. The highest BCUT2D eigenvalue weighted by atomic mass is 16.4. The molecule has 0 saturated heterocycles. The third kappa shape index (κ3) is 1.25. The van der Waals surface area contributed by atoms with Gasteiger partial charge in [0.15, 0.2) is 17.0 Å². The molecule has 0 bridgehead atoms. The van der Waals surface area contributed by atoms with E-state index in [1.54, 1.807) is 12.1 Å². The zero-order chi connectivity index (χ0) is 10.3. The maximum absolute atomic E-state index is 9.20. The molecular formula is C10H6N2O3. The standard InChI is InChI=1S/C10H6N2O3/c13-6-4-8-9(11-5-6)12-10(15-8)7-2-1-3-14-7/h1-5,13H. The van der Waals surface area contributed by atoms with Crippen molar-refractivity contribution in [1.29, 1.82) is 0 Å². The van der Waals surface area contributed by atoms with Gasteiger partial charge in [0.2, 0.25) is 0 Å². The first-order valence-electron chi connectivity index (χ1n) is 4.32. The van der Waals surface area contributed by atoms with Crippen LogP contribution < -0.4 is 0 Å². The molecule has 0 aliphatic rings. The van der Waals surface area contributed by atoms with Crippen LogP contribution in [-0.2, 0) is 0 Å². The van der Waals surface area contributed by atoms with Gasteiger partial charge in [-0.05, 0) is 12.1 Å². The monoisotopic (exact) mass is 202 g/mol. The molecule has 0 aliphatic carbocycles. The average Bonchev–Trinajstić information content (AvgIpc) is 2.84. The molecule has 74 valence electrons. The predicted octanol–water partition coefficient (Wildman–Crippen LogP) is 2.19. The van der Waals surface area contributed by atoms with Crippen molar-refractivity contribution in [3.05, 3.63) is 30.7 Å². The first-order valence-corrected chi connectivity index (χ1v) is 4.32. The van der Waals surface area contributed by atoms with Crippen molar-refractivity contribution in [1.82, 2.24) is 9.97 Å². The van der Waals surface area contributed by atoms with Gasteiger partial charge in [-0.25, -0.2) is 4.98 Å². The second-order valence-electron chi connectivity index (χ2n) is 3.01. The smallest absolute Gasteiger partial charge is 0.265 e. The molecule has 3 rings (SSSR count). The number of nitrogens with zero attached hydrogens (tertiary/aromatic N) is 2. The maximum atomic E-state index is 9.20. The van der Waals surface area contributed by atoms with E-state index in [0.29, 0.717) is 22.9 Å². The summed E-state index contributed by atoms with van der Waals surface area (Å²) in [7, 11) is 0. The number of rotatable bonds is 1. The summed E-state index contributed by atoms with van der Waals surface area (Å²) in [6.07, 6.45) is 2.85. The van der Waals surface area contributed by atoms with E-state index in [9.17, 15) is 5.11 Å². The van der Waals surface area contributed by atoms with E-state index in [-0.39, 0.29) is 5.75 Å². The molecule has 0 atom stereocenters. The Morgan fingerprint density at radius 1 is 1.33 bits per heavy atom. The molecule has 1 N–H and O–H groups in total. The van der Waals surface area contributed by atoms with Crippen LogP contribution in [0.5, 0.6) is 5.75 Å². The Labute approximate surface area is 84.0 Å². The van der Waals surface area contributed by atoms with Crippen molar-refractivity contribution in [2.75, 3.05) is 0 Å². The third-order valence-electron chi connectivity index (χ3n) is 1.96. The van der Waals surface area contributed by atoms with Crippen molar-refractivity contribution in [3.63, 3.8) is 0 Å². The minimum atomic E-state index is 0.0460. The predicted molar refractivity (Wildman–Crippen MR) is 51.2 cm³/mol. The summed E-state index contributed by atoms with van der Waals surface area (Å²) in [6.45, 7) is 0. The number of aromatic hydroxyl groups is 1. The largest absolute Gasteiger partial charge is 0.506 e. The van der Waals surface area contributed by atoms with Gasteiger partial charge in [-0.2, -0.15) is 4.98 Å². The SMILES string of the molecule is Oc1cnc2nc(-c3ccco3)oc2c1. The van der Waals surface area contributed by atoms with E-state index >= 15 is 0 Å². The molecule has 3 aromatic rings. The molecule has 0 radical (unpaired) electrons. The fourth-order valence-electron chi connectivity index (χ4n) is 1.31. The number of pyridine rings is 1. The summed E-state index contributed by atoms with van der Waals surface area (Å²) in [4.78, 5) is 8.03. The minimum absolute atomic E-state index is 0.0460.